The molecule has 2 rings (SSSR count). The summed E-state index contributed by atoms with van der Waals surface area (Å²) < 4.78 is 0. The molecule has 86 valence electrons. The summed E-state index contributed by atoms with van der Waals surface area (Å²) in [6.07, 6.45) is 2.59. The third kappa shape index (κ3) is 2.24. The lowest BCUT2D eigenvalue weighted by atomic mass is 10.2. The van der Waals surface area contributed by atoms with Gasteiger partial charge in [-0.05, 0) is 25.0 Å². The maximum Gasteiger partial charge on any atom is 0.239 e. The topological polar surface area (TPSA) is 71.2 Å². The Morgan fingerprint density at radius 2 is 2.38 bits per heavy atom. The number of carbonyl (C=O) groups excluding carboxylic acids is 1. The van der Waals surface area contributed by atoms with Crippen molar-refractivity contribution in [1.29, 1.82) is 0 Å². The predicted molar refractivity (Wildman–Crippen MR) is 63.2 cm³/mol. The molecule has 16 heavy (non-hydrogen) atoms. The van der Waals surface area contributed by atoms with Crippen LogP contribution in [0.1, 0.15) is 12.0 Å². The van der Waals surface area contributed by atoms with Gasteiger partial charge in [0.15, 0.2) is 0 Å². The van der Waals surface area contributed by atoms with E-state index in [1.807, 2.05) is 17.9 Å². The number of carbonyl (C=O) groups is 1. The second kappa shape index (κ2) is 4.38. The summed E-state index contributed by atoms with van der Waals surface area (Å²) in [5.74, 6) is 0.873. The van der Waals surface area contributed by atoms with Gasteiger partial charge in [0.25, 0.3) is 0 Å². The molecule has 1 aromatic rings. The molecule has 0 spiro atoms. The lowest BCUT2D eigenvalue weighted by Crippen LogP contribution is -2.33. The smallest absolute Gasteiger partial charge is 0.239 e. The average Bonchev–Trinajstić information content (AvgIpc) is 2.47. The van der Waals surface area contributed by atoms with Crippen LogP contribution in [0.2, 0.25) is 0 Å². The Morgan fingerprint density at radius 1 is 1.56 bits per heavy atom. The van der Waals surface area contributed by atoms with Gasteiger partial charge in [-0.1, -0.05) is 0 Å². The highest BCUT2D eigenvalue weighted by molar-refractivity contribution is 5.81. The molecular formula is C11H16N4O. The molecule has 0 aliphatic carbocycles. The van der Waals surface area contributed by atoms with Crippen LogP contribution in [0.5, 0.6) is 0 Å². The maximum absolute atomic E-state index is 11.4. The number of hydrogen-bond donors (Lipinski definition) is 2. The van der Waals surface area contributed by atoms with Crippen molar-refractivity contribution in [1.82, 2.24) is 10.3 Å². The molecule has 0 bridgehead atoms. The van der Waals surface area contributed by atoms with E-state index in [1.54, 1.807) is 6.20 Å². The summed E-state index contributed by atoms with van der Waals surface area (Å²) in [6, 6.07) is 1.92. The first-order valence-electron chi connectivity index (χ1n) is 5.40. The van der Waals surface area contributed by atoms with Gasteiger partial charge in [0, 0.05) is 13.1 Å². The lowest BCUT2D eigenvalue weighted by Gasteiger charge is -2.20. The number of nitrogens with zero attached hydrogens (tertiary/aromatic N) is 2. The molecule has 5 nitrogen and oxygen atoms in total. The molecule has 1 aliphatic heterocycles. The van der Waals surface area contributed by atoms with Gasteiger partial charge in [-0.2, -0.15) is 0 Å². The van der Waals surface area contributed by atoms with Gasteiger partial charge in [-0.15, -0.1) is 0 Å². The fraction of sp³-hybridized carbons (Fsp3) is 0.455. The fourth-order valence-electron chi connectivity index (χ4n) is 1.73. The zero-order valence-electron chi connectivity index (χ0n) is 9.36. The highest BCUT2D eigenvalue weighted by Gasteiger charge is 2.16. The molecule has 3 N–H and O–H groups in total. The number of amides is 1. The quantitative estimate of drug-likeness (QED) is 0.714. The van der Waals surface area contributed by atoms with Crippen LogP contribution in [0, 0.1) is 6.92 Å². The van der Waals surface area contributed by atoms with Crippen molar-refractivity contribution in [2.75, 3.05) is 30.3 Å². The number of nitrogen functional groups attached to an aromatic ring is 1. The first-order chi connectivity index (χ1) is 7.66. The molecule has 1 aliphatic rings. The number of pyridine rings is 1. The van der Waals surface area contributed by atoms with Gasteiger partial charge in [-0.3, -0.25) is 4.79 Å². The van der Waals surface area contributed by atoms with E-state index in [2.05, 4.69) is 10.3 Å². The molecule has 1 aromatic heterocycles. The molecule has 5 heteroatoms. The number of aryl methyl sites for hydroxylation is 1. The van der Waals surface area contributed by atoms with Crippen molar-refractivity contribution in [3.63, 3.8) is 0 Å². The molecule has 0 saturated carbocycles. The normalized spacial score (nSPS) is 16.8. The van der Waals surface area contributed by atoms with Crippen LogP contribution in [0.25, 0.3) is 0 Å². The SMILES string of the molecule is Cc1cc(N2CCCNC(=O)C2)ncc1N. The summed E-state index contributed by atoms with van der Waals surface area (Å²) in [4.78, 5) is 17.7. The minimum absolute atomic E-state index is 0.0498. The zero-order valence-corrected chi connectivity index (χ0v) is 9.36. The number of nitrogens with two attached hydrogens (primary N) is 1. The number of hydrogen-bond acceptors (Lipinski definition) is 4. The predicted octanol–water partition coefficient (Wildman–Crippen LogP) is 0.299. The average molecular weight is 220 g/mol. The van der Waals surface area contributed by atoms with Crippen molar-refractivity contribution in [3.8, 4) is 0 Å². The number of aromatic nitrogens is 1. The first-order valence-corrected chi connectivity index (χ1v) is 5.40. The third-order valence-corrected chi connectivity index (χ3v) is 2.72. The van der Waals surface area contributed by atoms with E-state index in [0.29, 0.717) is 12.2 Å². The molecule has 0 atom stereocenters. The van der Waals surface area contributed by atoms with Gasteiger partial charge < -0.3 is 16.0 Å². The largest absolute Gasteiger partial charge is 0.397 e. The van der Waals surface area contributed by atoms with Crippen LogP contribution in [-0.4, -0.2) is 30.5 Å². The van der Waals surface area contributed by atoms with E-state index in [1.165, 1.54) is 0 Å². The van der Waals surface area contributed by atoms with E-state index in [9.17, 15) is 4.79 Å². The van der Waals surface area contributed by atoms with Crippen molar-refractivity contribution < 1.29 is 4.79 Å². The summed E-state index contributed by atoms with van der Waals surface area (Å²) in [5.41, 5.74) is 7.39. The Kier molecular flexibility index (Phi) is 2.94. The van der Waals surface area contributed by atoms with Crippen LogP contribution < -0.4 is 16.0 Å². The highest BCUT2D eigenvalue weighted by Crippen LogP contribution is 2.17. The number of rotatable bonds is 1. The van der Waals surface area contributed by atoms with Crippen molar-refractivity contribution in [2.24, 2.45) is 0 Å². The van der Waals surface area contributed by atoms with Crippen LogP contribution in [0.4, 0.5) is 11.5 Å². The number of anilines is 2. The van der Waals surface area contributed by atoms with Gasteiger partial charge in [0.2, 0.25) is 5.91 Å². The summed E-state index contributed by atoms with van der Waals surface area (Å²) in [6.45, 7) is 3.90. The van der Waals surface area contributed by atoms with Crippen LogP contribution in [-0.2, 0) is 4.79 Å². The second-order valence-corrected chi connectivity index (χ2v) is 4.02. The van der Waals surface area contributed by atoms with Crippen LogP contribution >= 0.6 is 0 Å². The Bertz CT molecular complexity index is 405. The summed E-state index contributed by atoms with van der Waals surface area (Å²) in [5, 5.41) is 2.84. The molecule has 0 unspecified atom stereocenters. The molecule has 1 amide bonds. The Hall–Kier alpha value is -1.78. The second-order valence-electron chi connectivity index (χ2n) is 4.02. The van der Waals surface area contributed by atoms with Gasteiger partial charge >= 0.3 is 0 Å². The third-order valence-electron chi connectivity index (χ3n) is 2.72. The molecule has 0 aromatic carbocycles. The molecule has 1 fully saturated rings. The fourth-order valence-corrected chi connectivity index (χ4v) is 1.73. The lowest BCUT2D eigenvalue weighted by molar-refractivity contribution is -0.119. The standard InChI is InChI=1S/C11H16N4O/c1-8-5-10(14-6-9(8)12)15-4-2-3-13-11(16)7-15/h5-6H,2-4,7,12H2,1H3,(H,13,16). The van der Waals surface area contributed by atoms with Crippen molar-refractivity contribution >= 4 is 17.4 Å². The summed E-state index contributed by atoms with van der Waals surface area (Å²) in [7, 11) is 0. The van der Waals surface area contributed by atoms with Gasteiger partial charge in [0.05, 0.1) is 18.4 Å². The minimum atomic E-state index is 0.0498. The summed E-state index contributed by atoms with van der Waals surface area (Å²) >= 11 is 0. The van der Waals surface area contributed by atoms with Gasteiger partial charge in [0.1, 0.15) is 5.82 Å². The van der Waals surface area contributed by atoms with Crippen molar-refractivity contribution in [2.45, 2.75) is 13.3 Å². The van der Waals surface area contributed by atoms with E-state index in [0.717, 1.165) is 30.9 Å². The maximum atomic E-state index is 11.4. The van der Waals surface area contributed by atoms with E-state index in [4.69, 9.17) is 5.73 Å². The van der Waals surface area contributed by atoms with Crippen LogP contribution in [0.3, 0.4) is 0 Å². The highest BCUT2D eigenvalue weighted by atomic mass is 16.2. The van der Waals surface area contributed by atoms with Crippen molar-refractivity contribution in [3.05, 3.63) is 17.8 Å². The Morgan fingerprint density at radius 3 is 3.12 bits per heavy atom. The van der Waals surface area contributed by atoms with E-state index in [-0.39, 0.29) is 5.91 Å². The Balaban J connectivity index is 2.21. The zero-order chi connectivity index (χ0) is 11.5. The molecule has 2 heterocycles. The molecule has 0 radical (unpaired) electrons. The molecule has 1 saturated heterocycles. The van der Waals surface area contributed by atoms with Crippen LogP contribution in [0.15, 0.2) is 12.3 Å². The monoisotopic (exact) mass is 220 g/mol. The Labute approximate surface area is 94.6 Å². The van der Waals surface area contributed by atoms with Gasteiger partial charge in [-0.25, -0.2) is 4.98 Å². The van der Waals surface area contributed by atoms with E-state index >= 15 is 0 Å². The molecular weight excluding hydrogens is 204 g/mol. The minimum Gasteiger partial charge on any atom is -0.397 e. The number of nitrogens with one attached hydrogen (secondary N) is 1. The van der Waals surface area contributed by atoms with E-state index < -0.39 is 0 Å². The first kappa shape index (κ1) is 10.7.